The van der Waals surface area contributed by atoms with Gasteiger partial charge in [-0.25, -0.2) is 0 Å². The topological polar surface area (TPSA) is 42.0 Å². The third-order valence-electron chi connectivity index (χ3n) is 3.25. The predicted molar refractivity (Wildman–Crippen MR) is 90.5 cm³/mol. The third-order valence-corrected chi connectivity index (χ3v) is 3.84. The van der Waals surface area contributed by atoms with Crippen molar-refractivity contribution in [3.63, 3.8) is 0 Å². The van der Waals surface area contributed by atoms with Crippen molar-refractivity contribution in [3.8, 4) is 0 Å². The second kappa shape index (κ2) is 6.34. The molecule has 0 aliphatic rings. The first-order valence-electron chi connectivity index (χ1n) is 6.70. The van der Waals surface area contributed by atoms with Crippen LogP contribution in [0.3, 0.4) is 0 Å². The van der Waals surface area contributed by atoms with Crippen molar-refractivity contribution >= 4 is 45.7 Å². The molecule has 0 aliphatic heterocycles. The van der Waals surface area contributed by atoms with Gasteiger partial charge in [0.1, 0.15) is 0 Å². The fraction of sp³-hybridized carbons (Fsp3) is 0.0588. The van der Waals surface area contributed by atoms with E-state index in [0.717, 1.165) is 22.2 Å². The lowest BCUT2D eigenvalue weighted by Gasteiger charge is -2.08. The average Bonchev–Trinajstić information content (AvgIpc) is 2.50. The molecule has 1 amide bonds. The summed E-state index contributed by atoms with van der Waals surface area (Å²) in [6, 6.07) is 14.5. The van der Waals surface area contributed by atoms with Crippen molar-refractivity contribution in [2.75, 3.05) is 5.32 Å². The van der Waals surface area contributed by atoms with Crippen LogP contribution in [0.25, 0.3) is 10.9 Å². The van der Waals surface area contributed by atoms with Gasteiger partial charge < -0.3 is 5.32 Å². The predicted octanol–water partition coefficient (Wildman–Crippen LogP) is 4.72. The number of amides is 1. The Balaban J connectivity index is 1.75. The first-order chi connectivity index (χ1) is 10.6. The Hall–Kier alpha value is -2.10. The van der Waals surface area contributed by atoms with E-state index in [2.05, 4.69) is 10.3 Å². The molecule has 0 fully saturated rings. The molecule has 22 heavy (non-hydrogen) atoms. The molecule has 5 heteroatoms. The Kier molecular flexibility index (Phi) is 4.27. The van der Waals surface area contributed by atoms with Gasteiger partial charge in [-0.1, -0.05) is 35.3 Å². The maximum absolute atomic E-state index is 12.1. The number of pyridine rings is 1. The van der Waals surface area contributed by atoms with E-state index < -0.39 is 0 Å². The number of hydrogen-bond donors (Lipinski definition) is 1. The van der Waals surface area contributed by atoms with E-state index in [-0.39, 0.29) is 12.3 Å². The Morgan fingerprint density at radius 3 is 2.77 bits per heavy atom. The molecule has 110 valence electrons. The van der Waals surface area contributed by atoms with Crippen LogP contribution in [0.5, 0.6) is 0 Å². The van der Waals surface area contributed by atoms with Crippen LogP contribution < -0.4 is 5.32 Å². The molecule has 0 aliphatic carbocycles. The zero-order valence-electron chi connectivity index (χ0n) is 11.5. The Labute approximate surface area is 137 Å². The minimum absolute atomic E-state index is 0.132. The molecule has 0 atom stereocenters. The number of nitrogens with zero attached hydrogens (tertiary/aromatic N) is 1. The molecule has 1 heterocycles. The SMILES string of the molecule is O=C(Cc1ccc(Cl)cc1Cl)Nc1ccc2ncccc2c1. The number of carbonyl (C=O) groups excluding carboxylic acids is 1. The van der Waals surface area contributed by atoms with Crippen molar-refractivity contribution < 1.29 is 4.79 Å². The van der Waals surface area contributed by atoms with Gasteiger partial charge in [-0.2, -0.15) is 0 Å². The van der Waals surface area contributed by atoms with Crippen LogP contribution in [0.2, 0.25) is 10.0 Å². The van der Waals surface area contributed by atoms with E-state index in [9.17, 15) is 4.79 Å². The largest absolute Gasteiger partial charge is 0.326 e. The smallest absolute Gasteiger partial charge is 0.228 e. The number of halogens is 2. The molecule has 1 aromatic heterocycles. The summed E-state index contributed by atoms with van der Waals surface area (Å²) in [7, 11) is 0. The highest BCUT2D eigenvalue weighted by Gasteiger charge is 2.08. The maximum Gasteiger partial charge on any atom is 0.228 e. The molecule has 0 saturated heterocycles. The number of carbonyl (C=O) groups is 1. The molecule has 3 nitrogen and oxygen atoms in total. The van der Waals surface area contributed by atoms with Crippen LogP contribution in [0.4, 0.5) is 5.69 Å². The van der Waals surface area contributed by atoms with E-state index in [1.807, 2.05) is 30.3 Å². The van der Waals surface area contributed by atoms with Crippen LogP contribution in [0.1, 0.15) is 5.56 Å². The molecule has 0 unspecified atom stereocenters. The number of nitrogens with one attached hydrogen (secondary N) is 1. The molecule has 2 aromatic carbocycles. The Morgan fingerprint density at radius 2 is 1.95 bits per heavy atom. The number of aromatic nitrogens is 1. The minimum Gasteiger partial charge on any atom is -0.326 e. The van der Waals surface area contributed by atoms with Crippen LogP contribution in [-0.4, -0.2) is 10.9 Å². The molecule has 1 N–H and O–H groups in total. The summed E-state index contributed by atoms with van der Waals surface area (Å²) in [6.45, 7) is 0. The molecule has 3 rings (SSSR count). The monoisotopic (exact) mass is 330 g/mol. The van der Waals surface area contributed by atoms with Gasteiger partial charge in [0.25, 0.3) is 0 Å². The fourth-order valence-electron chi connectivity index (χ4n) is 2.20. The Morgan fingerprint density at radius 1 is 1.09 bits per heavy atom. The molecule has 0 bridgehead atoms. The van der Waals surface area contributed by atoms with E-state index >= 15 is 0 Å². The highest BCUT2D eigenvalue weighted by Crippen LogP contribution is 2.22. The van der Waals surface area contributed by atoms with Crippen LogP contribution >= 0.6 is 23.2 Å². The number of hydrogen-bond acceptors (Lipinski definition) is 2. The third kappa shape index (κ3) is 3.38. The molecule has 0 radical (unpaired) electrons. The van der Waals surface area contributed by atoms with Gasteiger partial charge in [0.15, 0.2) is 0 Å². The second-order valence-electron chi connectivity index (χ2n) is 4.87. The van der Waals surface area contributed by atoms with Crippen LogP contribution in [0, 0.1) is 0 Å². The summed E-state index contributed by atoms with van der Waals surface area (Å²) in [5, 5.41) is 4.89. The van der Waals surface area contributed by atoms with Gasteiger partial charge in [0.2, 0.25) is 5.91 Å². The van der Waals surface area contributed by atoms with E-state index in [0.29, 0.717) is 10.0 Å². The van der Waals surface area contributed by atoms with Crippen molar-refractivity contribution in [3.05, 3.63) is 70.3 Å². The molecule has 0 saturated carbocycles. The quantitative estimate of drug-likeness (QED) is 0.754. The zero-order valence-corrected chi connectivity index (χ0v) is 13.0. The van der Waals surface area contributed by atoms with Gasteiger partial charge in [-0.05, 0) is 42.0 Å². The second-order valence-corrected chi connectivity index (χ2v) is 5.72. The summed E-state index contributed by atoms with van der Waals surface area (Å²) >= 11 is 11.9. The van der Waals surface area contributed by atoms with Gasteiger partial charge in [0.05, 0.1) is 11.9 Å². The number of benzene rings is 2. The van der Waals surface area contributed by atoms with Gasteiger partial charge in [-0.3, -0.25) is 9.78 Å². The van der Waals surface area contributed by atoms with Crippen LogP contribution in [-0.2, 0) is 11.2 Å². The van der Waals surface area contributed by atoms with E-state index in [1.165, 1.54) is 0 Å². The summed E-state index contributed by atoms with van der Waals surface area (Å²) in [6.07, 6.45) is 1.93. The highest BCUT2D eigenvalue weighted by atomic mass is 35.5. The average molecular weight is 331 g/mol. The molecule has 3 aromatic rings. The van der Waals surface area contributed by atoms with Crippen molar-refractivity contribution in [2.45, 2.75) is 6.42 Å². The van der Waals surface area contributed by atoms with Gasteiger partial charge in [0, 0.05) is 27.3 Å². The van der Waals surface area contributed by atoms with Crippen molar-refractivity contribution in [1.82, 2.24) is 4.98 Å². The molecule has 0 spiro atoms. The van der Waals surface area contributed by atoms with Crippen molar-refractivity contribution in [2.24, 2.45) is 0 Å². The van der Waals surface area contributed by atoms with E-state index in [4.69, 9.17) is 23.2 Å². The zero-order chi connectivity index (χ0) is 15.5. The summed E-state index contributed by atoms with van der Waals surface area (Å²) in [5.74, 6) is -0.132. The first-order valence-corrected chi connectivity index (χ1v) is 7.46. The van der Waals surface area contributed by atoms with Gasteiger partial charge >= 0.3 is 0 Å². The first kappa shape index (κ1) is 14.8. The summed E-state index contributed by atoms with van der Waals surface area (Å²) < 4.78 is 0. The standard InChI is InChI=1S/C17H12Cl2N2O/c18-13-4-3-11(15(19)10-13)9-17(22)21-14-5-6-16-12(8-14)2-1-7-20-16/h1-8,10H,9H2,(H,21,22). The Bertz CT molecular complexity index is 849. The van der Waals surface area contributed by atoms with Crippen LogP contribution in [0.15, 0.2) is 54.7 Å². The maximum atomic E-state index is 12.1. The van der Waals surface area contributed by atoms with Crippen molar-refractivity contribution in [1.29, 1.82) is 0 Å². The van der Waals surface area contributed by atoms with E-state index in [1.54, 1.807) is 24.4 Å². The summed E-state index contributed by atoms with van der Waals surface area (Å²) in [5.41, 5.74) is 2.36. The highest BCUT2D eigenvalue weighted by molar-refractivity contribution is 6.35. The lowest BCUT2D eigenvalue weighted by Crippen LogP contribution is -2.14. The molecular weight excluding hydrogens is 319 g/mol. The molecular formula is C17H12Cl2N2O. The summed E-state index contributed by atoms with van der Waals surface area (Å²) in [4.78, 5) is 16.4. The number of fused-ring (bicyclic) bond motifs is 1. The minimum atomic E-state index is -0.132. The number of anilines is 1. The lowest BCUT2D eigenvalue weighted by atomic mass is 10.1. The van der Waals surface area contributed by atoms with Gasteiger partial charge in [-0.15, -0.1) is 0 Å². The normalized spacial score (nSPS) is 10.6. The lowest BCUT2D eigenvalue weighted by molar-refractivity contribution is -0.115. The fourth-order valence-corrected chi connectivity index (χ4v) is 2.67. The number of rotatable bonds is 3.